The lowest BCUT2D eigenvalue weighted by atomic mass is 10.2. The van der Waals surface area contributed by atoms with Gasteiger partial charge in [-0.3, -0.25) is 9.59 Å². The van der Waals surface area contributed by atoms with Gasteiger partial charge in [0.05, 0.1) is 38.2 Å². The van der Waals surface area contributed by atoms with E-state index in [-0.39, 0.29) is 24.8 Å². The van der Waals surface area contributed by atoms with Crippen LogP contribution in [-0.2, 0) is 17.9 Å². The molecule has 2 amide bonds. The highest BCUT2D eigenvalue weighted by molar-refractivity contribution is 5.92. The van der Waals surface area contributed by atoms with E-state index in [0.717, 1.165) is 0 Å². The van der Waals surface area contributed by atoms with Crippen molar-refractivity contribution in [1.82, 2.24) is 35.2 Å². The smallest absolute Gasteiger partial charge is 0.389 e. The van der Waals surface area contributed by atoms with Gasteiger partial charge in [-0.2, -0.15) is 23.3 Å². The van der Waals surface area contributed by atoms with Gasteiger partial charge in [-0.25, -0.2) is 14.5 Å². The van der Waals surface area contributed by atoms with Crippen LogP contribution in [0.4, 0.5) is 13.2 Å². The van der Waals surface area contributed by atoms with Gasteiger partial charge in [-0.15, -0.1) is 0 Å². The summed E-state index contributed by atoms with van der Waals surface area (Å²) >= 11 is 0. The number of nitrogens with one attached hydrogen (secondary N) is 2. The molecule has 0 saturated heterocycles. The molecule has 2 N–H and O–H groups in total. The topological polar surface area (TPSA) is 123 Å². The van der Waals surface area contributed by atoms with Crippen LogP contribution in [0.2, 0.25) is 0 Å². The molecule has 164 valence electrons. The Labute approximate surface area is 173 Å². The van der Waals surface area contributed by atoms with Crippen molar-refractivity contribution in [3.8, 4) is 6.01 Å². The second kappa shape index (κ2) is 9.36. The summed E-state index contributed by atoms with van der Waals surface area (Å²) in [5.74, 6) is -1.14. The third-order valence-electron chi connectivity index (χ3n) is 4.03. The quantitative estimate of drug-likeness (QED) is 0.546. The fraction of sp³-hybridized carbons (Fsp3) is 0.333. The monoisotopic (exact) mass is 437 g/mol. The molecule has 0 bridgehead atoms. The second-order valence-electron chi connectivity index (χ2n) is 6.40. The average molecular weight is 437 g/mol. The maximum absolute atomic E-state index is 12.2. The molecule has 0 aromatic carbocycles. The van der Waals surface area contributed by atoms with E-state index >= 15 is 0 Å². The van der Waals surface area contributed by atoms with Gasteiger partial charge >= 0.3 is 12.2 Å². The molecular weight excluding hydrogens is 419 g/mol. The van der Waals surface area contributed by atoms with Crippen LogP contribution in [0.15, 0.2) is 30.7 Å². The van der Waals surface area contributed by atoms with Gasteiger partial charge in [0.15, 0.2) is 5.65 Å². The molecule has 0 atom stereocenters. The molecule has 0 fully saturated rings. The van der Waals surface area contributed by atoms with E-state index in [9.17, 15) is 22.8 Å². The number of carbonyl (C=O) groups excluding carboxylic acids is 2. The number of alkyl halides is 3. The summed E-state index contributed by atoms with van der Waals surface area (Å²) in [5.41, 5.74) is 1.68. The summed E-state index contributed by atoms with van der Waals surface area (Å²) in [7, 11) is 1.39. The SMILES string of the molecule is COc1nccc(C(=O)NCc2cn3ncc(CNC(=O)CCC(F)(F)F)cc3n2)n1. The van der Waals surface area contributed by atoms with Crippen LogP contribution in [-0.4, -0.2) is 49.7 Å². The van der Waals surface area contributed by atoms with Crippen LogP contribution in [0.3, 0.4) is 0 Å². The van der Waals surface area contributed by atoms with Crippen LogP contribution < -0.4 is 15.4 Å². The van der Waals surface area contributed by atoms with Crippen molar-refractivity contribution in [2.24, 2.45) is 0 Å². The van der Waals surface area contributed by atoms with E-state index in [1.807, 2.05) is 0 Å². The Balaban J connectivity index is 1.56. The molecular formula is C18H18F3N7O3. The van der Waals surface area contributed by atoms with Crippen molar-refractivity contribution in [1.29, 1.82) is 0 Å². The first-order valence-electron chi connectivity index (χ1n) is 9.05. The number of rotatable bonds is 8. The number of halogens is 3. The third kappa shape index (κ3) is 6.35. The summed E-state index contributed by atoms with van der Waals surface area (Å²) < 4.78 is 42.8. The van der Waals surface area contributed by atoms with Crippen LogP contribution in [0.5, 0.6) is 6.01 Å². The standard InChI is InChI=1S/C18H18F3N7O3/c1-31-17-22-5-3-13(27-17)16(30)24-9-12-10-28-14(26-12)6-11(8-25-28)7-23-15(29)2-4-18(19,20)21/h3,5-6,8,10H,2,4,7,9H2,1H3,(H,23,29)(H,24,30). The first-order chi connectivity index (χ1) is 14.7. The molecule has 0 unspecified atom stereocenters. The van der Waals surface area contributed by atoms with E-state index in [1.54, 1.807) is 12.3 Å². The minimum Gasteiger partial charge on any atom is -0.467 e. The van der Waals surface area contributed by atoms with Gasteiger partial charge in [0.2, 0.25) is 5.91 Å². The Morgan fingerprint density at radius 1 is 1.19 bits per heavy atom. The van der Waals surface area contributed by atoms with E-state index in [1.165, 1.54) is 30.1 Å². The second-order valence-corrected chi connectivity index (χ2v) is 6.40. The summed E-state index contributed by atoms with van der Waals surface area (Å²) in [6.07, 6.45) is -1.70. The Bertz CT molecular complexity index is 1080. The number of carbonyl (C=O) groups is 2. The number of amides is 2. The van der Waals surface area contributed by atoms with Crippen molar-refractivity contribution in [3.63, 3.8) is 0 Å². The molecule has 0 aliphatic rings. The summed E-state index contributed by atoms with van der Waals surface area (Å²) in [6, 6.07) is 3.15. The Hall–Kier alpha value is -3.77. The Morgan fingerprint density at radius 2 is 2.00 bits per heavy atom. The van der Waals surface area contributed by atoms with Crippen molar-refractivity contribution in [2.75, 3.05) is 7.11 Å². The molecule has 3 heterocycles. The van der Waals surface area contributed by atoms with Gasteiger partial charge in [-0.1, -0.05) is 0 Å². The summed E-state index contributed by atoms with van der Waals surface area (Å²) in [4.78, 5) is 35.8. The largest absolute Gasteiger partial charge is 0.467 e. The predicted octanol–water partition coefficient (Wildman–Crippen LogP) is 1.42. The van der Waals surface area contributed by atoms with Gasteiger partial charge in [-0.05, 0) is 17.7 Å². The fourth-order valence-corrected chi connectivity index (χ4v) is 2.52. The van der Waals surface area contributed by atoms with E-state index in [2.05, 4.69) is 30.7 Å². The molecule has 0 aliphatic heterocycles. The average Bonchev–Trinajstić information content (AvgIpc) is 3.16. The molecule has 3 rings (SSSR count). The maximum Gasteiger partial charge on any atom is 0.389 e. The van der Waals surface area contributed by atoms with Crippen LogP contribution >= 0.6 is 0 Å². The third-order valence-corrected chi connectivity index (χ3v) is 4.03. The molecule has 10 nitrogen and oxygen atoms in total. The van der Waals surface area contributed by atoms with E-state index in [0.29, 0.717) is 16.9 Å². The number of fused-ring (bicyclic) bond motifs is 1. The van der Waals surface area contributed by atoms with Crippen LogP contribution in [0.25, 0.3) is 5.65 Å². The lowest BCUT2D eigenvalue weighted by Gasteiger charge is -2.07. The molecule has 0 aliphatic carbocycles. The van der Waals surface area contributed by atoms with Gasteiger partial charge in [0.1, 0.15) is 5.69 Å². The van der Waals surface area contributed by atoms with Crippen molar-refractivity contribution in [3.05, 3.63) is 47.7 Å². The van der Waals surface area contributed by atoms with E-state index < -0.39 is 30.8 Å². The Kier molecular flexibility index (Phi) is 6.62. The fourth-order valence-electron chi connectivity index (χ4n) is 2.52. The zero-order valence-corrected chi connectivity index (χ0v) is 16.3. The number of imidazole rings is 1. The summed E-state index contributed by atoms with van der Waals surface area (Å²) in [5, 5.41) is 9.23. The van der Waals surface area contributed by atoms with Crippen LogP contribution in [0.1, 0.15) is 34.6 Å². The normalized spacial score (nSPS) is 11.4. The zero-order chi connectivity index (χ0) is 22.4. The molecule has 3 aromatic rings. The van der Waals surface area contributed by atoms with Gasteiger partial charge < -0.3 is 15.4 Å². The first-order valence-corrected chi connectivity index (χ1v) is 9.05. The zero-order valence-electron chi connectivity index (χ0n) is 16.3. The molecule has 13 heteroatoms. The minimum absolute atomic E-state index is 0.0225. The van der Waals surface area contributed by atoms with Crippen molar-refractivity contribution < 1.29 is 27.5 Å². The summed E-state index contributed by atoms with van der Waals surface area (Å²) in [6.45, 7) is 0.132. The number of hydrogen-bond acceptors (Lipinski definition) is 7. The minimum atomic E-state index is -4.38. The molecule has 0 saturated carbocycles. The van der Waals surface area contributed by atoms with Gasteiger partial charge in [0, 0.05) is 19.2 Å². The molecule has 0 spiro atoms. The number of aromatic nitrogens is 5. The molecule has 31 heavy (non-hydrogen) atoms. The highest BCUT2D eigenvalue weighted by Crippen LogP contribution is 2.21. The van der Waals surface area contributed by atoms with Crippen LogP contribution in [0, 0.1) is 0 Å². The highest BCUT2D eigenvalue weighted by Gasteiger charge is 2.27. The maximum atomic E-state index is 12.2. The number of nitrogens with zero attached hydrogens (tertiary/aromatic N) is 5. The number of ether oxygens (including phenoxy) is 1. The lowest BCUT2D eigenvalue weighted by Crippen LogP contribution is -2.24. The molecule has 3 aromatic heterocycles. The van der Waals surface area contributed by atoms with E-state index in [4.69, 9.17) is 4.74 Å². The predicted molar refractivity (Wildman–Crippen MR) is 99.9 cm³/mol. The first kappa shape index (κ1) is 21.9. The highest BCUT2D eigenvalue weighted by atomic mass is 19.4. The Morgan fingerprint density at radius 3 is 2.74 bits per heavy atom. The van der Waals surface area contributed by atoms with Crippen molar-refractivity contribution >= 4 is 17.5 Å². The van der Waals surface area contributed by atoms with Gasteiger partial charge in [0.25, 0.3) is 5.91 Å². The lowest BCUT2D eigenvalue weighted by molar-refractivity contribution is -0.144. The number of methoxy groups -OCH3 is 1. The number of hydrogen-bond donors (Lipinski definition) is 2. The molecule has 0 radical (unpaired) electrons. The van der Waals surface area contributed by atoms with Crippen molar-refractivity contribution in [2.45, 2.75) is 32.1 Å².